The van der Waals surface area contributed by atoms with E-state index in [1.54, 1.807) is 17.5 Å². The van der Waals surface area contributed by atoms with E-state index < -0.39 is 0 Å². The topological polar surface area (TPSA) is 58.5 Å². The lowest BCUT2D eigenvalue weighted by atomic mass is 10.3. The molecule has 0 saturated heterocycles. The fraction of sp³-hybridized carbons (Fsp3) is 0.412. The van der Waals surface area contributed by atoms with E-state index in [2.05, 4.69) is 45.0 Å². The molecule has 0 aliphatic carbocycles. The van der Waals surface area contributed by atoms with Gasteiger partial charge >= 0.3 is 0 Å². The van der Waals surface area contributed by atoms with Gasteiger partial charge < -0.3 is 15.4 Å². The molecule has 5 nitrogen and oxygen atoms in total. The molecule has 0 aliphatic rings. The normalized spacial score (nSPS) is 10.8. The summed E-state index contributed by atoms with van der Waals surface area (Å²) in [5.74, 6) is 1.48. The maximum Gasteiger partial charge on any atom is 0.218 e. The van der Waals surface area contributed by atoms with Gasteiger partial charge in [0, 0.05) is 29.7 Å². The van der Waals surface area contributed by atoms with Gasteiger partial charge in [-0.15, -0.1) is 35.3 Å². The van der Waals surface area contributed by atoms with Crippen LogP contribution in [0.1, 0.15) is 24.3 Å². The number of halogens is 1. The molecule has 2 aromatic rings. The molecular weight excluding hydrogens is 435 g/mol. The van der Waals surface area contributed by atoms with E-state index in [1.807, 2.05) is 19.1 Å². The van der Waals surface area contributed by atoms with Gasteiger partial charge in [-0.3, -0.25) is 0 Å². The second-order valence-electron chi connectivity index (χ2n) is 4.85. The van der Waals surface area contributed by atoms with Crippen LogP contribution in [-0.2, 0) is 13.0 Å². The van der Waals surface area contributed by atoms with Crippen molar-refractivity contribution in [2.75, 3.05) is 19.7 Å². The van der Waals surface area contributed by atoms with E-state index in [-0.39, 0.29) is 24.0 Å². The Morgan fingerprint density at radius 2 is 2.12 bits per heavy atom. The molecule has 2 aromatic heterocycles. The molecule has 0 fully saturated rings. The number of aromatic nitrogens is 1. The van der Waals surface area contributed by atoms with Crippen LogP contribution < -0.4 is 15.4 Å². The van der Waals surface area contributed by atoms with Gasteiger partial charge in [-0.05, 0) is 37.8 Å². The first-order chi connectivity index (χ1) is 11.3. The third kappa shape index (κ3) is 7.04. The average Bonchev–Trinajstić information content (AvgIpc) is 3.07. The van der Waals surface area contributed by atoms with Crippen molar-refractivity contribution < 1.29 is 4.74 Å². The van der Waals surface area contributed by atoms with Crippen LogP contribution in [0.2, 0.25) is 0 Å². The first-order valence-corrected chi connectivity index (χ1v) is 8.82. The van der Waals surface area contributed by atoms with Crippen molar-refractivity contribution in [1.29, 1.82) is 0 Å². The van der Waals surface area contributed by atoms with Gasteiger partial charge in [0.1, 0.15) is 0 Å². The number of ether oxygens (including phenoxy) is 1. The number of guanidine groups is 1. The van der Waals surface area contributed by atoms with E-state index in [4.69, 9.17) is 4.74 Å². The third-order valence-electron chi connectivity index (χ3n) is 3.13. The smallest absolute Gasteiger partial charge is 0.218 e. The van der Waals surface area contributed by atoms with E-state index >= 15 is 0 Å². The molecule has 2 rings (SSSR count). The summed E-state index contributed by atoms with van der Waals surface area (Å²) >= 11 is 1.78. The van der Waals surface area contributed by atoms with Gasteiger partial charge in [0.15, 0.2) is 5.96 Å². The van der Waals surface area contributed by atoms with Crippen molar-refractivity contribution in [3.8, 4) is 5.88 Å². The first-order valence-electron chi connectivity index (χ1n) is 7.94. The Morgan fingerprint density at radius 3 is 2.83 bits per heavy atom. The van der Waals surface area contributed by atoms with Crippen LogP contribution in [0.3, 0.4) is 0 Å². The summed E-state index contributed by atoms with van der Waals surface area (Å²) in [7, 11) is 0. The molecule has 0 spiro atoms. The summed E-state index contributed by atoms with van der Waals surface area (Å²) in [5.41, 5.74) is 0.991. The first kappa shape index (κ1) is 20.7. The number of nitrogens with one attached hydrogen (secondary N) is 2. The molecule has 7 heteroatoms. The monoisotopic (exact) mass is 460 g/mol. The zero-order valence-electron chi connectivity index (χ0n) is 14.1. The van der Waals surface area contributed by atoms with Crippen LogP contribution in [0.15, 0.2) is 40.8 Å². The quantitative estimate of drug-likeness (QED) is 0.360. The lowest BCUT2D eigenvalue weighted by molar-refractivity contribution is 0.323. The number of nitrogens with zero attached hydrogens (tertiary/aromatic N) is 2. The van der Waals surface area contributed by atoms with Crippen molar-refractivity contribution in [3.63, 3.8) is 0 Å². The minimum Gasteiger partial charge on any atom is -0.478 e. The van der Waals surface area contributed by atoms with Gasteiger partial charge in [0.05, 0.1) is 13.2 Å². The Balaban J connectivity index is 0.00000288. The van der Waals surface area contributed by atoms with Crippen molar-refractivity contribution in [3.05, 3.63) is 46.3 Å². The van der Waals surface area contributed by atoms with E-state index in [9.17, 15) is 0 Å². The van der Waals surface area contributed by atoms with E-state index in [1.165, 1.54) is 4.88 Å². The highest BCUT2D eigenvalue weighted by molar-refractivity contribution is 14.0. The second kappa shape index (κ2) is 12.1. The Morgan fingerprint density at radius 1 is 1.25 bits per heavy atom. The predicted octanol–water partition coefficient (Wildman–Crippen LogP) is 3.46. The second-order valence-corrected chi connectivity index (χ2v) is 5.88. The molecule has 0 aliphatic heterocycles. The third-order valence-corrected chi connectivity index (χ3v) is 4.06. The van der Waals surface area contributed by atoms with E-state index in [0.717, 1.165) is 31.0 Å². The Kier molecular flexibility index (Phi) is 10.4. The molecule has 0 bridgehead atoms. The summed E-state index contributed by atoms with van der Waals surface area (Å²) in [5, 5.41) is 8.73. The minimum atomic E-state index is 0. The zero-order valence-corrected chi connectivity index (χ0v) is 17.3. The molecule has 0 aromatic carbocycles. The van der Waals surface area contributed by atoms with Crippen molar-refractivity contribution in [2.45, 2.75) is 26.8 Å². The highest BCUT2D eigenvalue weighted by Gasteiger charge is 2.04. The molecule has 24 heavy (non-hydrogen) atoms. The maximum absolute atomic E-state index is 5.54. The molecule has 0 amide bonds. The minimum absolute atomic E-state index is 0. The van der Waals surface area contributed by atoms with Gasteiger partial charge in [0.25, 0.3) is 0 Å². The molecule has 132 valence electrons. The summed E-state index contributed by atoms with van der Waals surface area (Å²) in [4.78, 5) is 10.3. The van der Waals surface area contributed by atoms with Gasteiger partial charge in [-0.25, -0.2) is 9.98 Å². The van der Waals surface area contributed by atoms with Crippen molar-refractivity contribution in [2.24, 2.45) is 4.99 Å². The molecule has 0 saturated carbocycles. The highest BCUT2D eigenvalue weighted by Crippen LogP contribution is 2.15. The van der Waals surface area contributed by atoms with Crippen LogP contribution in [-0.4, -0.2) is 30.6 Å². The predicted molar refractivity (Wildman–Crippen MR) is 112 cm³/mol. The van der Waals surface area contributed by atoms with Crippen LogP contribution in [0, 0.1) is 0 Å². The Labute approximate surface area is 165 Å². The van der Waals surface area contributed by atoms with Crippen molar-refractivity contribution in [1.82, 2.24) is 15.6 Å². The molecule has 0 unspecified atom stereocenters. The average molecular weight is 460 g/mol. The number of rotatable bonds is 8. The maximum atomic E-state index is 5.54. The standard InChI is InChI=1S/C17H24N4OS.HI/c1-3-18-17(20-11-9-15-8-6-12-23-15)21-13-14-7-5-10-19-16(14)22-4-2;/h5-8,10,12H,3-4,9,11,13H2,1-2H3,(H2,18,20,21);1H. The Hall–Kier alpha value is -1.35. The number of aliphatic imine (C=N–C) groups is 1. The molecule has 2 heterocycles. The fourth-order valence-corrected chi connectivity index (χ4v) is 2.79. The zero-order chi connectivity index (χ0) is 16.3. The number of thiophene rings is 1. The number of hydrogen-bond donors (Lipinski definition) is 2. The van der Waals surface area contributed by atoms with Gasteiger partial charge in [-0.2, -0.15) is 0 Å². The summed E-state index contributed by atoms with van der Waals surface area (Å²) in [6.45, 7) is 6.85. The Bertz CT molecular complexity index is 604. The number of pyridine rings is 1. The van der Waals surface area contributed by atoms with Crippen LogP contribution in [0.25, 0.3) is 0 Å². The van der Waals surface area contributed by atoms with E-state index in [0.29, 0.717) is 19.0 Å². The molecule has 0 atom stereocenters. The summed E-state index contributed by atoms with van der Waals surface area (Å²) < 4.78 is 5.54. The van der Waals surface area contributed by atoms with Crippen LogP contribution in [0.4, 0.5) is 0 Å². The SMILES string of the molecule is CCNC(=NCc1cccnc1OCC)NCCc1cccs1.I. The van der Waals surface area contributed by atoms with Crippen LogP contribution >= 0.6 is 35.3 Å². The van der Waals surface area contributed by atoms with Gasteiger partial charge in [-0.1, -0.05) is 12.1 Å². The molecule has 0 radical (unpaired) electrons. The fourth-order valence-electron chi connectivity index (χ4n) is 2.08. The summed E-state index contributed by atoms with van der Waals surface area (Å²) in [6, 6.07) is 8.14. The lowest BCUT2D eigenvalue weighted by Crippen LogP contribution is -2.38. The molecule has 2 N–H and O–H groups in total. The van der Waals surface area contributed by atoms with Crippen LogP contribution in [0.5, 0.6) is 5.88 Å². The highest BCUT2D eigenvalue weighted by atomic mass is 127. The summed E-state index contributed by atoms with van der Waals surface area (Å²) in [6.07, 6.45) is 2.74. The number of hydrogen-bond acceptors (Lipinski definition) is 4. The van der Waals surface area contributed by atoms with Crippen molar-refractivity contribution >= 4 is 41.3 Å². The largest absolute Gasteiger partial charge is 0.478 e. The molecular formula is C17H25IN4OS. The van der Waals surface area contributed by atoms with Gasteiger partial charge in [0.2, 0.25) is 5.88 Å². The lowest BCUT2D eigenvalue weighted by Gasteiger charge is -2.11.